The molecule has 2 aromatic heterocycles. The summed E-state index contributed by atoms with van der Waals surface area (Å²) in [6, 6.07) is 4.98. The molecule has 0 bridgehead atoms. The molecule has 0 fully saturated rings. The van der Waals surface area contributed by atoms with Crippen molar-refractivity contribution >= 4 is 33.2 Å². The van der Waals surface area contributed by atoms with Gasteiger partial charge < -0.3 is 0 Å². The molecule has 0 atom stereocenters. The minimum atomic E-state index is -4.40. The molecule has 0 saturated carbocycles. The Morgan fingerprint density at radius 1 is 1.24 bits per heavy atom. The summed E-state index contributed by atoms with van der Waals surface area (Å²) < 4.78 is 39.5. The van der Waals surface area contributed by atoms with Gasteiger partial charge in [0, 0.05) is 16.4 Å². The second-order valence-corrected chi connectivity index (χ2v) is 5.72. The quantitative estimate of drug-likeness (QED) is 0.537. The first kappa shape index (κ1) is 14.1. The fourth-order valence-electron chi connectivity index (χ4n) is 1.85. The fraction of sp³-hybridized carbons (Fsp3) is 0.0769. The van der Waals surface area contributed by atoms with Crippen molar-refractivity contribution in [3.05, 3.63) is 47.2 Å². The van der Waals surface area contributed by atoms with E-state index in [1.807, 2.05) is 0 Å². The van der Waals surface area contributed by atoms with E-state index in [2.05, 4.69) is 4.98 Å². The average Bonchev–Trinajstić information content (AvgIpc) is 2.79. The molecule has 1 N–H and O–H groups in total. The van der Waals surface area contributed by atoms with Crippen LogP contribution in [-0.4, -0.2) is 10.2 Å². The maximum Gasteiger partial charge on any atom is 0.416 e. The highest BCUT2D eigenvalue weighted by Crippen LogP contribution is 2.36. The van der Waals surface area contributed by atoms with Crippen LogP contribution in [0.3, 0.4) is 0 Å². The minimum absolute atomic E-state index is 0.259. The summed E-state index contributed by atoms with van der Waals surface area (Å²) >= 11 is 7.24. The summed E-state index contributed by atoms with van der Waals surface area (Å²) in [5.74, 6) is 0. The number of fused-ring (bicyclic) bond motifs is 1. The van der Waals surface area contributed by atoms with Gasteiger partial charge in [0.1, 0.15) is 10.0 Å². The molecule has 0 aliphatic heterocycles. The van der Waals surface area contributed by atoms with E-state index in [1.54, 1.807) is 6.07 Å². The third-order valence-electron chi connectivity index (χ3n) is 2.84. The van der Waals surface area contributed by atoms with Crippen LogP contribution >= 0.6 is 22.9 Å². The molecule has 0 saturated heterocycles. The molecule has 0 unspecified atom stereocenters. The molecule has 3 rings (SSSR count). The SMILES string of the molecule is O[n+]1ccc(-c2nc3cc(C(F)(F)F)ccc3s2)c(Cl)c1. The Hall–Kier alpha value is -1.86. The lowest BCUT2D eigenvalue weighted by Gasteiger charge is -2.04. The molecule has 0 amide bonds. The molecule has 0 aliphatic carbocycles. The maximum atomic E-state index is 12.7. The van der Waals surface area contributed by atoms with Crippen LogP contribution in [0.1, 0.15) is 5.56 Å². The van der Waals surface area contributed by atoms with Crippen molar-refractivity contribution < 1.29 is 23.1 Å². The van der Waals surface area contributed by atoms with E-state index in [-0.39, 0.29) is 10.5 Å². The first-order valence-electron chi connectivity index (χ1n) is 5.73. The van der Waals surface area contributed by atoms with Crippen LogP contribution in [0.5, 0.6) is 0 Å². The molecule has 108 valence electrons. The highest BCUT2D eigenvalue weighted by molar-refractivity contribution is 7.21. The smallest absolute Gasteiger partial charge is 0.285 e. The van der Waals surface area contributed by atoms with Crippen LogP contribution < -0.4 is 4.73 Å². The van der Waals surface area contributed by atoms with E-state index in [9.17, 15) is 18.4 Å². The zero-order valence-corrected chi connectivity index (χ0v) is 11.8. The number of hydrogen-bond donors (Lipinski definition) is 1. The van der Waals surface area contributed by atoms with Gasteiger partial charge in [0.25, 0.3) is 0 Å². The van der Waals surface area contributed by atoms with Crippen LogP contribution in [0, 0.1) is 0 Å². The molecule has 3 nitrogen and oxygen atoms in total. The van der Waals surface area contributed by atoms with E-state index in [4.69, 9.17) is 11.6 Å². The Morgan fingerprint density at radius 2 is 2.00 bits per heavy atom. The van der Waals surface area contributed by atoms with Gasteiger partial charge in [0.05, 0.1) is 15.8 Å². The highest BCUT2D eigenvalue weighted by Gasteiger charge is 2.30. The lowest BCUT2D eigenvalue weighted by Crippen LogP contribution is -2.28. The first-order valence-corrected chi connectivity index (χ1v) is 6.92. The molecule has 3 aromatic rings. The Kier molecular flexibility index (Phi) is 3.26. The summed E-state index contributed by atoms with van der Waals surface area (Å²) in [6.07, 6.45) is -1.75. The van der Waals surface area contributed by atoms with Gasteiger partial charge in [-0.15, -0.1) is 11.3 Å². The largest absolute Gasteiger partial charge is 0.416 e. The van der Waals surface area contributed by atoms with E-state index in [1.165, 1.54) is 29.8 Å². The van der Waals surface area contributed by atoms with Gasteiger partial charge in [-0.25, -0.2) is 4.98 Å². The number of rotatable bonds is 1. The average molecular weight is 332 g/mol. The topological polar surface area (TPSA) is 37.0 Å². The van der Waals surface area contributed by atoms with Crippen molar-refractivity contribution in [2.45, 2.75) is 6.18 Å². The van der Waals surface area contributed by atoms with Gasteiger partial charge >= 0.3 is 6.18 Å². The first-order chi connectivity index (χ1) is 9.84. The number of aromatic nitrogens is 2. The van der Waals surface area contributed by atoms with Gasteiger partial charge in [0.2, 0.25) is 12.4 Å². The van der Waals surface area contributed by atoms with Crippen molar-refractivity contribution in [3.8, 4) is 10.6 Å². The van der Waals surface area contributed by atoms with Crippen molar-refractivity contribution in [2.75, 3.05) is 0 Å². The summed E-state index contributed by atoms with van der Waals surface area (Å²) in [6.45, 7) is 0. The second-order valence-electron chi connectivity index (χ2n) is 4.29. The summed E-state index contributed by atoms with van der Waals surface area (Å²) in [5, 5.41) is 9.99. The van der Waals surface area contributed by atoms with Gasteiger partial charge in [-0.05, 0) is 18.2 Å². The summed E-state index contributed by atoms with van der Waals surface area (Å²) in [4.78, 5) is 4.19. The number of hydrogen-bond acceptors (Lipinski definition) is 3. The van der Waals surface area contributed by atoms with Crippen molar-refractivity contribution in [1.82, 2.24) is 4.98 Å². The molecule has 1 aromatic carbocycles. The molecular weight excluding hydrogens is 325 g/mol. The van der Waals surface area contributed by atoms with Crippen LogP contribution in [0.15, 0.2) is 36.7 Å². The number of pyridine rings is 1. The normalized spacial score (nSPS) is 12.0. The zero-order valence-electron chi connectivity index (χ0n) is 10.2. The molecule has 2 heterocycles. The molecule has 0 radical (unpaired) electrons. The van der Waals surface area contributed by atoms with Crippen LogP contribution in [-0.2, 0) is 6.18 Å². The van der Waals surface area contributed by atoms with Crippen molar-refractivity contribution in [3.63, 3.8) is 0 Å². The van der Waals surface area contributed by atoms with Gasteiger partial charge in [0.15, 0.2) is 0 Å². The Labute approximate surface area is 125 Å². The Morgan fingerprint density at radius 3 is 2.67 bits per heavy atom. The second kappa shape index (κ2) is 4.85. The lowest BCUT2D eigenvalue weighted by molar-refractivity contribution is -0.904. The van der Waals surface area contributed by atoms with Crippen molar-refractivity contribution in [2.24, 2.45) is 0 Å². The Bertz CT molecular complexity index is 832. The monoisotopic (exact) mass is 331 g/mol. The van der Waals surface area contributed by atoms with E-state index < -0.39 is 11.7 Å². The maximum absolute atomic E-state index is 12.7. The zero-order chi connectivity index (χ0) is 15.2. The van der Waals surface area contributed by atoms with E-state index in [0.29, 0.717) is 15.3 Å². The standard InChI is InChI=1S/C13H7ClF3N2OS/c14-9-6-19(20)4-3-8(9)12-18-10-5-7(13(15,16)17)1-2-11(10)21-12/h1-6,20H/q+1. The van der Waals surface area contributed by atoms with Gasteiger partial charge in [-0.2, -0.15) is 13.2 Å². The van der Waals surface area contributed by atoms with E-state index >= 15 is 0 Å². The summed E-state index contributed by atoms with van der Waals surface area (Å²) in [5.41, 5.74) is 0.0811. The fourth-order valence-corrected chi connectivity index (χ4v) is 3.15. The highest BCUT2D eigenvalue weighted by atomic mass is 35.5. The molecule has 0 aliphatic rings. The summed E-state index contributed by atoms with van der Waals surface area (Å²) in [7, 11) is 0. The number of thiazole rings is 1. The Balaban J connectivity index is 2.13. The lowest BCUT2D eigenvalue weighted by atomic mass is 10.2. The van der Waals surface area contributed by atoms with Crippen LogP contribution in [0.25, 0.3) is 20.8 Å². The minimum Gasteiger partial charge on any atom is -0.285 e. The third kappa shape index (κ3) is 2.66. The van der Waals surface area contributed by atoms with Gasteiger partial charge in [-0.3, -0.25) is 5.21 Å². The van der Waals surface area contributed by atoms with Crippen LogP contribution in [0.4, 0.5) is 13.2 Å². The van der Waals surface area contributed by atoms with E-state index in [0.717, 1.165) is 16.9 Å². The number of nitrogens with zero attached hydrogens (tertiary/aromatic N) is 2. The molecule has 8 heteroatoms. The van der Waals surface area contributed by atoms with Crippen molar-refractivity contribution in [1.29, 1.82) is 0 Å². The number of benzene rings is 1. The number of alkyl halides is 3. The molecule has 21 heavy (non-hydrogen) atoms. The third-order valence-corrected chi connectivity index (χ3v) is 4.21. The predicted molar refractivity (Wildman–Crippen MR) is 72.4 cm³/mol. The van der Waals surface area contributed by atoms with Gasteiger partial charge in [-0.1, -0.05) is 11.6 Å². The van der Waals surface area contributed by atoms with Crippen LogP contribution in [0.2, 0.25) is 5.02 Å². The molecule has 0 spiro atoms. The predicted octanol–water partition coefficient (Wildman–Crippen LogP) is 4.16. The molecular formula is C13H7ClF3N2OS+. The number of halogens is 4.